The van der Waals surface area contributed by atoms with Gasteiger partial charge in [-0.3, -0.25) is 19.3 Å². The van der Waals surface area contributed by atoms with Gasteiger partial charge in [0.05, 0.1) is 18.5 Å². The van der Waals surface area contributed by atoms with Gasteiger partial charge in [-0.25, -0.2) is 0 Å². The number of hydrogen-bond donors (Lipinski definition) is 1. The molecule has 1 heterocycles. The van der Waals surface area contributed by atoms with Gasteiger partial charge in [-0.1, -0.05) is 36.4 Å². The van der Waals surface area contributed by atoms with E-state index in [0.717, 1.165) is 0 Å². The Balaban J connectivity index is 1.53. The van der Waals surface area contributed by atoms with Crippen LogP contribution in [0.15, 0.2) is 78.5 Å². The van der Waals surface area contributed by atoms with Gasteiger partial charge >= 0.3 is 0 Å². The minimum Gasteiger partial charge on any atom is -0.493 e. The van der Waals surface area contributed by atoms with E-state index in [1.807, 2.05) is 18.2 Å². The summed E-state index contributed by atoms with van der Waals surface area (Å²) in [4.78, 5) is 38.7. The third-order valence-corrected chi connectivity index (χ3v) is 5.09. The van der Waals surface area contributed by atoms with Gasteiger partial charge in [0.25, 0.3) is 5.91 Å². The van der Waals surface area contributed by atoms with Gasteiger partial charge in [0.2, 0.25) is 11.7 Å². The normalized spacial score (nSPS) is 13.6. The van der Waals surface area contributed by atoms with E-state index in [-0.39, 0.29) is 29.9 Å². The Morgan fingerprint density at radius 2 is 1.70 bits per heavy atom. The summed E-state index contributed by atoms with van der Waals surface area (Å²) in [6.45, 7) is 1.22. The summed E-state index contributed by atoms with van der Waals surface area (Å²) in [6, 6.07) is 21.2. The highest BCUT2D eigenvalue weighted by atomic mass is 16.5. The van der Waals surface area contributed by atoms with E-state index in [2.05, 4.69) is 5.32 Å². The summed E-state index contributed by atoms with van der Waals surface area (Å²) >= 11 is 0. The van der Waals surface area contributed by atoms with E-state index in [1.54, 1.807) is 60.7 Å². The molecule has 0 saturated carbocycles. The number of benzene rings is 3. The average molecular weight is 442 g/mol. The van der Waals surface area contributed by atoms with Crippen molar-refractivity contribution in [2.45, 2.75) is 6.92 Å². The van der Waals surface area contributed by atoms with Crippen LogP contribution in [0.5, 0.6) is 11.5 Å². The molecule has 3 aromatic rings. The molecule has 1 aliphatic heterocycles. The molecule has 7 nitrogen and oxygen atoms in total. The quantitative estimate of drug-likeness (QED) is 0.576. The predicted molar refractivity (Wildman–Crippen MR) is 125 cm³/mol. The Hall–Kier alpha value is -4.39. The van der Waals surface area contributed by atoms with E-state index in [1.165, 1.54) is 18.9 Å². The molecule has 0 aromatic heterocycles. The highest BCUT2D eigenvalue weighted by molar-refractivity contribution is 6.26. The number of Topliss-reactive ketones (excluding diaryl/α,β-unsaturated/α-hetero) is 1. The lowest BCUT2D eigenvalue weighted by atomic mass is 10.1. The summed E-state index contributed by atoms with van der Waals surface area (Å²) in [5.41, 5.74) is 2.64. The zero-order valence-electron chi connectivity index (χ0n) is 18.2. The first kappa shape index (κ1) is 21.8. The Morgan fingerprint density at radius 3 is 2.42 bits per heavy atom. The topological polar surface area (TPSA) is 84.9 Å². The molecule has 0 radical (unpaired) electrons. The number of rotatable bonds is 6. The van der Waals surface area contributed by atoms with Crippen molar-refractivity contribution in [2.75, 3.05) is 23.9 Å². The van der Waals surface area contributed by atoms with Gasteiger partial charge in [0.15, 0.2) is 18.1 Å². The molecule has 1 aliphatic rings. The molecule has 2 amide bonds. The van der Waals surface area contributed by atoms with Crippen molar-refractivity contribution in [3.63, 3.8) is 0 Å². The summed E-state index contributed by atoms with van der Waals surface area (Å²) in [5, 5.41) is 2.75. The summed E-state index contributed by atoms with van der Waals surface area (Å²) in [7, 11) is 1.49. The van der Waals surface area contributed by atoms with E-state index >= 15 is 0 Å². The fraction of sp³-hybridized carbons (Fsp3) is 0.115. The van der Waals surface area contributed by atoms with Gasteiger partial charge in [0.1, 0.15) is 0 Å². The number of anilines is 2. The first-order chi connectivity index (χ1) is 16.0. The van der Waals surface area contributed by atoms with E-state index < -0.39 is 0 Å². The van der Waals surface area contributed by atoms with Crippen LogP contribution in [0.1, 0.15) is 22.8 Å². The van der Waals surface area contributed by atoms with Crippen molar-refractivity contribution >= 4 is 35.0 Å². The van der Waals surface area contributed by atoms with Gasteiger partial charge in [-0.05, 0) is 48.0 Å². The largest absolute Gasteiger partial charge is 0.493 e. The second-order valence-electron chi connectivity index (χ2n) is 7.34. The maximum Gasteiger partial charge on any atom is 0.262 e. The molecule has 0 bridgehead atoms. The van der Waals surface area contributed by atoms with Crippen molar-refractivity contribution in [1.82, 2.24) is 0 Å². The van der Waals surface area contributed by atoms with Crippen LogP contribution in [-0.2, 0) is 9.59 Å². The molecule has 7 heteroatoms. The van der Waals surface area contributed by atoms with Gasteiger partial charge in [-0.2, -0.15) is 0 Å². The van der Waals surface area contributed by atoms with Crippen LogP contribution in [0.3, 0.4) is 0 Å². The minimum atomic E-state index is -0.305. The first-order valence-electron chi connectivity index (χ1n) is 10.3. The van der Waals surface area contributed by atoms with Crippen LogP contribution in [0.2, 0.25) is 0 Å². The van der Waals surface area contributed by atoms with Crippen LogP contribution >= 0.6 is 0 Å². The molecule has 0 spiro atoms. The van der Waals surface area contributed by atoms with Crippen LogP contribution in [0.4, 0.5) is 11.4 Å². The Bertz CT molecular complexity index is 1250. The number of ketones is 1. The third kappa shape index (κ3) is 4.62. The van der Waals surface area contributed by atoms with Crippen molar-refractivity contribution in [1.29, 1.82) is 0 Å². The number of para-hydroxylation sites is 2. The number of nitrogens with zero attached hydrogens (tertiary/aromatic N) is 1. The number of hydrogen-bond acceptors (Lipinski definition) is 5. The van der Waals surface area contributed by atoms with Gasteiger partial charge in [-0.15, -0.1) is 0 Å². The maximum absolute atomic E-state index is 12.9. The average Bonchev–Trinajstić information content (AvgIpc) is 3.10. The molecule has 0 atom stereocenters. The second-order valence-corrected chi connectivity index (χ2v) is 7.34. The summed E-state index contributed by atoms with van der Waals surface area (Å²) < 4.78 is 11.0. The molecular weight excluding hydrogens is 420 g/mol. The molecule has 3 aromatic carbocycles. The lowest BCUT2D eigenvalue weighted by Crippen LogP contribution is -2.25. The van der Waals surface area contributed by atoms with Crippen LogP contribution < -0.4 is 19.7 Å². The zero-order chi connectivity index (χ0) is 23.4. The second kappa shape index (κ2) is 9.40. The SMILES string of the molecule is COc1cc(/C=C2/C(=O)c3ccccc3N2C(C)=O)ccc1OCC(=O)Nc1ccccc1. The standard InChI is InChI=1S/C26H22N2O5/c1-17(29)28-21-11-7-6-10-20(21)26(31)22(28)14-18-12-13-23(24(15-18)32-2)33-16-25(30)27-19-8-4-3-5-9-19/h3-15H,16H2,1-2H3,(H,27,30)/b22-14-. The maximum atomic E-state index is 12.9. The summed E-state index contributed by atoms with van der Waals surface area (Å²) in [6.07, 6.45) is 1.64. The molecule has 33 heavy (non-hydrogen) atoms. The molecule has 0 fully saturated rings. The van der Waals surface area contributed by atoms with Crippen molar-refractivity contribution in [3.05, 3.63) is 89.6 Å². The van der Waals surface area contributed by atoms with Crippen molar-refractivity contribution < 1.29 is 23.9 Å². The summed E-state index contributed by atoms with van der Waals surface area (Å²) in [5.74, 6) is -0.00375. The number of methoxy groups -OCH3 is 1. The lowest BCUT2D eigenvalue weighted by molar-refractivity contribution is -0.118. The number of ether oxygens (including phenoxy) is 2. The lowest BCUT2D eigenvalue weighted by Gasteiger charge is -2.16. The van der Waals surface area contributed by atoms with E-state index in [0.29, 0.717) is 34.0 Å². The molecular formula is C26H22N2O5. The van der Waals surface area contributed by atoms with Crippen LogP contribution in [0, 0.1) is 0 Å². The fourth-order valence-electron chi connectivity index (χ4n) is 3.61. The number of fused-ring (bicyclic) bond motifs is 1. The highest BCUT2D eigenvalue weighted by Crippen LogP contribution is 2.36. The number of amides is 2. The van der Waals surface area contributed by atoms with Crippen molar-refractivity contribution in [2.24, 2.45) is 0 Å². The van der Waals surface area contributed by atoms with Crippen LogP contribution in [0.25, 0.3) is 6.08 Å². The third-order valence-electron chi connectivity index (χ3n) is 5.09. The number of carbonyl (C=O) groups excluding carboxylic acids is 3. The Kier molecular flexibility index (Phi) is 6.22. The van der Waals surface area contributed by atoms with Gasteiger partial charge in [0, 0.05) is 18.2 Å². The smallest absolute Gasteiger partial charge is 0.262 e. The van der Waals surface area contributed by atoms with Crippen molar-refractivity contribution in [3.8, 4) is 11.5 Å². The Morgan fingerprint density at radius 1 is 0.970 bits per heavy atom. The molecule has 0 aliphatic carbocycles. The molecule has 0 unspecified atom stereocenters. The number of allylic oxidation sites excluding steroid dienone is 1. The predicted octanol–water partition coefficient (Wildman–Crippen LogP) is 4.30. The zero-order valence-corrected chi connectivity index (χ0v) is 18.2. The van der Waals surface area contributed by atoms with Crippen LogP contribution in [-0.4, -0.2) is 31.3 Å². The fourth-order valence-corrected chi connectivity index (χ4v) is 3.61. The number of carbonyl (C=O) groups is 3. The molecule has 166 valence electrons. The van der Waals surface area contributed by atoms with E-state index in [4.69, 9.17) is 9.47 Å². The number of nitrogens with one attached hydrogen (secondary N) is 1. The highest BCUT2D eigenvalue weighted by Gasteiger charge is 2.34. The minimum absolute atomic E-state index is 0.197. The monoisotopic (exact) mass is 442 g/mol. The Labute approximate surface area is 191 Å². The molecule has 1 N–H and O–H groups in total. The first-order valence-corrected chi connectivity index (χ1v) is 10.3. The molecule has 0 saturated heterocycles. The molecule has 4 rings (SSSR count). The van der Waals surface area contributed by atoms with Gasteiger partial charge < -0.3 is 14.8 Å². The van der Waals surface area contributed by atoms with E-state index in [9.17, 15) is 14.4 Å².